The fourth-order valence-corrected chi connectivity index (χ4v) is 2.57. The van der Waals surface area contributed by atoms with Gasteiger partial charge in [0.25, 0.3) is 0 Å². The van der Waals surface area contributed by atoms with Crippen LogP contribution in [0.15, 0.2) is 18.2 Å². The van der Waals surface area contributed by atoms with Crippen molar-refractivity contribution in [2.75, 3.05) is 6.54 Å². The molecule has 0 spiro atoms. The zero-order chi connectivity index (χ0) is 11.5. The lowest BCUT2D eigenvalue weighted by Crippen LogP contribution is -2.33. The molecular formula is C14H20FN. The summed E-state index contributed by atoms with van der Waals surface area (Å²) in [6.45, 7) is 5.10. The van der Waals surface area contributed by atoms with Gasteiger partial charge in [0.05, 0.1) is 0 Å². The molecule has 0 bridgehead atoms. The first-order chi connectivity index (χ1) is 7.65. The third kappa shape index (κ3) is 2.82. The van der Waals surface area contributed by atoms with Crippen LogP contribution in [0.5, 0.6) is 0 Å². The van der Waals surface area contributed by atoms with E-state index in [0.717, 1.165) is 24.9 Å². The molecule has 1 nitrogen and oxygen atoms in total. The molecular weight excluding hydrogens is 201 g/mol. The predicted molar refractivity (Wildman–Crippen MR) is 65.5 cm³/mol. The molecule has 16 heavy (non-hydrogen) atoms. The maximum absolute atomic E-state index is 14.0. The van der Waals surface area contributed by atoms with Gasteiger partial charge in [0, 0.05) is 12.5 Å². The van der Waals surface area contributed by atoms with E-state index < -0.39 is 6.17 Å². The number of nitrogens with one attached hydrogen (secondary N) is 1. The van der Waals surface area contributed by atoms with Crippen LogP contribution in [0.25, 0.3) is 0 Å². The maximum atomic E-state index is 14.0. The molecule has 1 aliphatic heterocycles. The van der Waals surface area contributed by atoms with E-state index >= 15 is 0 Å². The van der Waals surface area contributed by atoms with E-state index in [1.807, 2.05) is 0 Å². The van der Waals surface area contributed by atoms with Crippen molar-refractivity contribution in [3.63, 3.8) is 0 Å². The molecule has 2 atom stereocenters. The van der Waals surface area contributed by atoms with Crippen LogP contribution in [0.3, 0.4) is 0 Å². The van der Waals surface area contributed by atoms with Crippen LogP contribution < -0.4 is 5.32 Å². The van der Waals surface area contributed by atoms with E-state index in [1.165, 1.54) is 11.1 Å². The highest BCUT2D eigenvalue weighted by Gasteiger charge is 2.24. The van der Waals surface area contributed by atoms with Gasteiger partial charge in [-0.2, -0.15) is 0 Å². The number of hydrogen-bond donors (Lipinski definition) is 1. The fourth-order valence-electron chi connectivity index (χ4n) is 2.57. The van der Waals surface area contributed by atoms with E-state index in [1.54, 1.807) is 0 Å². The number of rotatable bonds is 3. The van der Waals surface area contributed by atoms with E-state index in [0.29, 0.717) is 6.42 Å². The summed E-state index contributed by atoms with van der Waals surface area (Å²) in [7, 11) is 0. The van der Waals surface area contributed by atoms with Crippen LogP contribution in [0.2, 0.25) is 0 Å². The van der Waals surface area contributed by atoms with Gasteiger partial charge >= 0.3 is 0 Å². The van der Waals surface area contributed by atoms with Crippen LogP contribution >= 0.6 is 0 Å². The van der Waals surface area contributed by atoms with Gasteiger partial charge in [-0.3, -0.25) is 0 Å². The number of aryl methyl sites for hydroxylation is 2. The number of benzene rings is 1. The molecule has 1 aliphatic rings. The zero-order valence-corrected chi connectivity index (χ0v) is 10.1. The summed E-state index contributed by atoms with van der Waals surface area (Å²) >= 11 is 0. The monoisotopic (exact) mass is 221 g/mol. The fraction of sp³-hybridized carbons (Fsp3) is 0.571. The maximum Gasteiger partial charge on any atom is 0.119 e. The second-order valence-corrected chi connectivity index (χ2v) is 4.92. The Labute approximate surface area is 97.1 Å². The van der Waals surface area contributed by atoms with Crippen LogP contribution in [-0.4, -0.2) is 18.8 Å². The van der Waals surface area contributed by atoms with Gasteiger partial charge in [-0.1, -0.05) is 29.3 Å². The lowest BCUT2D eigenvalue weighted by atomic mass is 9.99. The quantitative estimate of drug-likeness (QED) is 0.827. The minimum atomic E-state index is -0.747. The van der Waals surface area contributed by atoms with Crippen molar-refractivity contribution in [3.05, 3.63) is 34.9 Å². The van der Waals surface area contributed by atoms with Gasteiger partial charge in [0.15, 0.2) is 0 Å². The molecule has 2 unspecified atom stereocenters. The third-order valence-corrected chi connectivity index (χ3v) is 3.25. The van der Waals surface area contributed by atoms with Gasteiger partial charge in [-0.05, 0) is 38.8 Å². The first kappa shape index (κ1) is 11.6. The third-order valence-electron chi connectivity index (χ3n) is 3.25. The van der Waals surface area contributed by atoms with Crippen LogP contribution in [-0.2, 0) is 6.42 Å². The molecule has 1 fully saturated rings. The average Bonchev–Trinajstić information content (AvgIpc) is 2.68. The van der Waals surface area contributed by atoms with Crippen molar-refractivity contribution >= 4 is 0 Å². The summed E-state index contributed by atoms with van der Waals surface area (Å²) in [5.74, 6) is 0. The van der Waals surface area contributed by atoms with Crippen molar-refractivity contribution in [2.45, 2.75) is 45.3 Å². The normalized spacial score (nSPS) is 22.3. The number of alkyl halides is 1. The number of halogens is 1. The Kier molecular flexibility index (Phi) is 3.59. The highest BCUT2D eigenvalue weighted by Crippen LogP contribution is 2.18. The molecule has 1 saturated heterocycles. The van der Waals surface area contributed by atoms with E-state index in [2.05, 4.69) is 37.4 Å². The lowest BCUT2D eigenvalue weighted by molar-refractivity contribution is 0.263. The Bertz CT molecular complexity index is 336. The molecule has 0 aliphatic carbocycles. The molecule has 0 radical (unpaired) electrons. The molecule has 1 N–H and O–H groups in total. The standard InChI is InChI=1S/C14H20FN/c1-10-6-11(2)8-12(7-10)9-13(15)14-4-3-5-16-14/h6-8,13-14,16H,3-5,9H2,1-2H3. The Morgan fingerprint density at radius 3 is 2.56 bits per heavy atom. The summed E-state index contributed by atoms with van der Waals surface area (Å²) in [5, 5.41) is 3.23. The summed E-state index contributed by atoms with van der Waals surface area (Å²) in [5.41, 5.74) is 3.57. The minimum Gasteiger partial charge on any atom is -0.311 e. The van der Waals surface area contributed by atoms with Gasteiger partial charge in [0.1, 0.15) is 6.17 Å². The zero-order valence-electron chi connectivity index (χ0n) is 10.1. The van der Waals surface area contributed by atoms with Crippen molar-refractivity contribution in [1.29, 1.82) is 0 Å². The molecule has 1 aromatic carbocycles. The van der Waals surface area contributed by atoms with Crippen molar-refractivity contribution < 1.29 is 4.39 Å². The van der Waals surface area contributed by atoms with Crippen molar-refractivity contribution in [1.82, 2.24) is 5.32 Å². The molecule has 2 rings (SSSR count). The molecule has 1 aromatic rings. The van der Waals surface area contributed by atoms with E-state index in [9.17, 15) is 4.39 Å². The van der Waals surface area contributed by atoms with Gasteiger partial charge in [0.2, 0.25) is 0 Å². The van der Waals surface area contributed by atoms with Crippen LogP contribution in [0, 0.1) is 13.8 Å². The topological polar surface area (TPSA) is 12.0 Å². The van der Waals surface area contributed by atoms with Crippen molar-refractivity contribution in [2.24, 2.45) is 0 Å². The number of hydrogen-bond acceptors (Lipinski definition) is 1. The predicted octanol–water partition coefficient (Wildman–Crippen LogP) is 2.94. The Hall–Kier alpha value is -0.890. The summed E-state index contributed by atoms with van der Waals surface area (Å²) in [4.78, 5) is 0. The largest absolute Gasteiger partial charge is 0.311 e. The molecule has 2 heteroatoms. The summed E-state index contributed by atoms with van der Waals surface area (Å²) in [6.07, 6.45) is 1.88. The Morgan fingerprint density at radius 2 is 2.00 bits per heavy atom. The highest BCUT2D eigenvalue weighted by atomic mass is 19.1. The molecule has 88 valence electrons. The highest BCUT2D eigenvalue weighted by molar-refractivity contribution is 5.29. The first-order valence-corrected chi connectivity index (χ1v) is 6.10. The summed E-state index contributed by atoms with van der Waals surface area (Å²) in [6, 6.07) is 6.38. The average molecular weight is 221 g/mol. The second kappa shape index (κ2) is 4.96. The second-order valence-electron chi connectivity index (χ2n) is 4.92. The smallest absolute Gasteiger partial charge is 0.119 e. The van der Waals surface area contributed by atoms with Crippen molar-refractivity contribution in [3.8, 4) is 0 Å². The summed E-state index contributed by atoms with van der Waals surface area (Å²) < 4.78 is 14.0. The SMILES string of the molecule is Cc1cc(C)cc(CC(F)C2CCCN2)c1. The van der Waals surface area contributed by atoms with Gasteiger partial charge in [-0.25, -0.2) is 4.39 Å². The van der Waals surface area contributed by atoms with Crippen LogP contribution in [0.1, 0.15) is 29.5 Å². The van der Waals surface area contributed by atoms with E-state index in [4.69, 9.17) is 0 Å². The van der Waals surface area contributed by atoms with Gasteiger partial charge < -0.3 is 5.32 Å². The minimum absolute atomic E-state index is 0.0702. The molecule has 0 aromatic heterocycles. The molecule has 0 saturated carbocycles. The molecule has 0 amide bonds. The molecule has 1 heterocycles. The van der Waals surface area contributed by atoms with E-state index in [-0.39, 0.29) is 6.04 Å². The first-order valence-electron chi connectivity index (χ1n) is 6.10. The Balaban J connectivity index is 2.02. The van der Waals surface area contributed by atoms with Gasteiger partial charge in [-0.15, -0.1) is 0 Å². The lowest BCUT2D eigenvalue weighted by Gasteiger charge is -2.16. The Morgan fingerprint density at radius 1 is 1.31 bits per heavy atom. The van der Waals surface area contributed by atoms with Crippen LogP contribution in [0.4, 0.5) is 4.39 Å².